The maximum atomic E-state index is 14.3. The van der Waals surface area contributed by atoms with E-state index < -0.39 is 0 Å². The Kier molecular flexibility index (Phi) is 5.99. The molecule has 1 nitrogen and oxygen atoms in total. The average Bonchev–Trinajstić information content (AvgIpc) is 2.63. The van der Waals surface area contributed by atoms with Gasteiger partial charge in [0.15, 0.2) is 0 Å². The molecular weight excluding hydrogens is 321 g/mol. The average molecular weight is 342 g/mol. The van der Waals surface area contributed by atoms with Crippen LogP contribution in [0.1, 0.15) is 25.0 Å². The zero-order chi connectivity index (χ0) is 17.7. The maximum Gasteiger partial charge on any atom is 0.132 e. The van der Waals surface area contributed by atoms with Crippen molar-refractivity contribution in [3.8, 4) is 0 Å². The highest BCUT2D eigenvalue weighted by atomic mass is 35.5. The van der Waals surface area contributed by atoms with Crippen LogP contribution in [0.4, 0.5) is 4.39 Å². The Morgan fingerprint density at radius 3 is 2.17 bits per heavy atom. The summed E-state index contributed by atoms with van der Waals surface area (Å²) in [6, 6.07) is 16.6. The lowest BCUT2D eigenvalue weighted by Gasteiger charge is -2.31. The van der Waals surface area contributed by atoms with E-state index in [-0.39, 0.29) is 5.82 Å². The molecule has 3 heteroatoms. The molecule has 1 heterocycles. The molecule has 0 aliphatic carbocycles. The van der Waals surface area contributed by atoms with Crippen LogP contribution in [-0.2, 0) is 0 Å². The van der Waals surface area contributed by atoms with Crippen molar-refractivity contribution < 1.29 is 4.39 Å². The third-order valence-corrected chi connectivity index (χ3v) is 4.08. The first-order valence-electron chi connectivity index (χ1n) is 7.94. The minimum atomic E-state index is -0.267. The number of halogens is 2. The molecule has 0 saturated heterocycles. The molecule has 2 aromatic rings. The minimum Gasteiger partial charge on any atom is -0.343 e. The summed E-state index contributed by atoms with van der Waals surface area (Å²) in [4.78, 5) is 1.84. The molecule has 124 valence electrons. The van der Waals surface area contributed by atoms with E-state index in [1.54, 1.807) is 12.1 Å². The van der Waals surface area contributed by atoms with Gasteiger partial charge in [0.05, 0.1) is 16.4 Å². The van der Waals surface area contributed by atoms with Crippen LogP contribution >= 0.6 is 11.6 Å². The zero-order valence-electron chi connectivity index (χ0n) is 14.2. The molecule has 2 aromatic carbocycles. The van der Waals surface area contributed by atoms with Crippen LogP contribution < -0.4 is 0 Å². The van der Waals surface area contributed by atoms with Gasteiger partial charge in [0, 0.05) is 18.2 Å². The van der Waals surface area contributed by atoms with E-state index in [4.69, 9.17) is 11.6 Å². The third-order valence-electron chi connectivity index (χ3n) is 3.76. The van der Waals surface area contributed by atoms with Crippen LogP contribution in [0, 0.1) is 5.82 Å². The van der Waals surface area contributed by atoms with Gasteiger partial charge in [-0.3, -0.25) is 0 Å². The fourth-order valence-corrected chi connectivity index (χ4v) is 2.81. The fraction of sp³-hybridized carbons (Fsp3) is 0.143. The van der Waals surface area contributed by atoms with E-state index in [9.17, 15) is 4.39 Å². The van der Waals surface area contributed by atoms with Crippen LogP contribution in [0.25, 0.3) is 11.3 Å². The van der Waals surface area contributed by atoms with Crippen LogP contribution in [0.3, 0.4) is 0 Å². The normalized spacial score (nSPS) is 14.1. The van der Waals surface area contributed by atoms with Crippen molar-refractivity contribution in [3.63, 3.8) is 0 Å². The summed E-state index contributed by atoms with van der Waals surface area (Å²) in [7, 11) is 1.85. The van der Waals surface area contributed by atoms with Crippen molar-refractivity contribution in [2.24, 2.45) is 0 Å². The molecule has 0 atom stereocenters. The molecule has 0 aromatic heterocycles. The Morgan fingerprint density at radius 1 is 0.958 bits per heavy atom. The van der Waals surface area contributed by atoms with Crippen molar-refractivity contribution >= 4 is 22.9 Å². The van der Waals surface area contributed by atoms with E-state index in [2.05, 4.69) is 6.58 Å². The molecular formula is C21H21ClFN. The summed E-state index contributed by atoms with van der Waals surface area (Å²) in [5.74, 6) is -0.267. The third kappa shape index (κ3) is 3.44. The predicted octanol–water partition coefficient (Wildman–Crippen LogP) is 6.30. The quantitative estimate of drug-likeness (QED) is 0.619. The largest absolute Gasteiger partial charge is 0.343 e. The molecule has 0 amide bonds. The number of nitrogens with zero attached hydrogens (tertiary/aromatic N) is 1. The molecule has 0 unspecified atom stereocenters. The first-order chi connectivity index (χ1) is 11.6. The van der Waals surface area contributed by atoms with Gasteiger partial charge in [-0.1, -0.05) is 74.5 Å². The van der Waals surface area contributed by atoms with Crippen LogP contribution in [0.2, 0.25) is 0 Å². The fourth-order valence-electron chi connectivity index (χ4n) is 2.57. The Labute approximate surface area is 148 Å². The molecule has 0 N–H and O–H groups in total. The summed E-state index contributed by atoms with van der Waals surface area (Å²) in [6.07, 6.45) is 1.85. The summed E-state index contributed by atoms with van der Waals surface area (Å²) in [5, 5.41) is 0.557. The smallest absolute Gasteiger partial charge is 0.132 e. The Balaban J connectivity index is 0.00000100. The van der Waals surface area contributed by atoms with Crippen molar-refractivity contribution in [2.45, 2.75) is 13.8 Å². The molecule has 0 spiro atoms. The molecule has 0 saturated carbocycles. The number of allylic oxidation sites excluding steroid dienone is 3. The summed E-state index contributed by atoms with van der Waals surface area (Å²) in [6.45, 7) is 7.98. The highest BCUT2D eigenvalue weighted by Crippen LogP contribution is 2.39. The molecule has 1 aliphatic heterocycles. The van der Waals surface area contributed by atoms with Gasteiger partial charge in [0.2, 0.25) is 0 Å². The lowest BCUT2D eigenvalue weighted by molar-refractivity contribution is 0.586. The number of likely N-dealkylation sites (N-methyl/N-ethyl adjacent to an activating group) is 1. The molecule has 0 bridgehead atoms. The maximum absolute atomic E-state index is 14.3. The minimum absolute atomic E-state index is 0.267. The van der Waals surface area contributed by atoms with Crippen LogP contribution in [0.5, 0.6) is 0 Å². The van der Waals surface area contributed by atoms with Crippen molar-refractivity contribution in [2.75, 3.05) is 7.05 Å². The van der Waals surface area contributed by atoms with Gasteiger partial charge in [0.1, 0.15) is 5.82 Å². The lowest BCUT2D eigenvalue weighted by atomic mass is 9.95. The molecule has 1 aliphatic rings. The summed E-state index contributed by atoms with van der Waals surface area (Å²) >= 11 is 6.29. The molecule has 24 heavy (non-hydrogen) atoms. The molecule has 0 radical (unpaired) electrons. The molecule has 3 rings (SSSR count). The van der Waals surface area contributed by atoms with E-state index >= 15 is 0 Å². The Bertz CT molecular complexity index is 790. The molecule has 0 fully saturated rings. The number of hydrogen-bond donors (Lipinski definition) is 0. The van der Waals surface area contributed by atoms with Crippen molar-refractivity contribution in [3.05, 3.63) is 94.9 Å². The second-order valence-electron chi connectivity index (χ2n) is 5.11. The van der Waals surface area contributed by atoms with E-state index in [0.29, 0.717) is 16.3 Å². The van der Waals surface area contributed by atoms with Gasteiger partial charge in [-0.2, -0.15) is 0 Å². The van der Waals surface area contributed by atoms with Gasteiger partial charge in [-0.15, -0.1) is 0 Å². The second-order valence-corrected chi connectivity index (χ2v) is 5.51. The monoisotopic (exact) mass is 341 g/mol. The van der Waals surface area contributed by atoms with Gasteiger partial charge in [-0.25, -0.2) is 4.39 Å². The van der Waals surface area contributed by atoms with Gasteiger partial charge in [0.25, 0.3) is 0 Å². The van der Waals surface area contributed by atoms with Crippen molar-refractivity contribution in [1.29, 1.82) is 0 Å². The SMILES string of the molecule is C=C1C(Cl)=CC(c2ccccc2)=C(c2ccccc2F)N1C.CC. The van der Waals surface area contributed by atoms with Gasteiger partial charge < -0.3 is 4.90 Å². The number of hydrogen-bond acceptors (Lipinski definition) is 1. The van der Waals surface area contributed by atoms with E-state index in [1.165, 1.54) is 6.07 Å². The van der Waals surface area contributed by atoms with Crippen molar-refractivity contribution in [1.82, 2.24) is 4.90 Å². The standard InChI is InChI=1S/C19H15ClFN.C2H6/c1-13-17(20)12-16(14-8-4-3-5-9-14)19(22(13)2)15-10-6-7-11-18(15)21;1-2/h3-12H,1H2,2H3;1-2H3. The van der Waals surface area contributed by atoms with Crippen LogP contribution in [-0.4, -0.2) is 11.9 Å². The van der Waals surface area contributed by atoms with Gasteiger partial charge in [-0.05, 0) is 23.8 Å². The zero-order valence-corrected chi connectivity index (χ0v) is 14.9. The predicted molar refractivity (Wildman–Crippen MR) is 102 cm³/mol. The summed E-state index contributed by atoms with van der Waals surface area (Å²) in [5.41, 5.74) is 3.81. The first-order valence-corrected chi connectivity index (χ1v) is 8.32. The number of benzene rings is 2. The number of rotatable bonds is 2. The first kappa shape index (κ1) is 18.0. The second kappa shape index (κ2) is 7.98. The van der Waals surface area contributed by atoms with E-state index in [0.717, 1.165) is 16.8 Å². The highest BCUT2D eigenvalue weighted by molar-refractivity contribution is 6.33. The van der Waals surface area contributed by atoms with E-state index in [1.807, 2.05) is 68.3 Å². The lowest BCUT2D eigenvalue weighted by Crippen LogP contribution is -2.21. The highest BCUT2D eigenvalue weighted by Gasteiger charge is 2.24. The topological polar surface area (TPSA) is 3.24 Å². The Hall–Kier alpha value is -2.32. The van der Waals surface area contributed by atoms with Gasteiger partial charge >= 0.3 is 0 Å². The Morgan fingerprint density at radius 2 is 1.54 bits per heavy atom. The summed E-state index contributed by atoms with van der Waals surface area (Å²) < 4.78 is 14.3. The van der Waals surface area contributed by atoms with Crippen LogP contribution in [0.15, 0.2) is 78.0 Å².